The van der Waals surface area contributed by atoms with Crippen molar-refractivity contribution in [3.8, 4) is 138 Å². The molecule has 0 aliphatic carbocycles. The highest BCUT2D eigenvalue weighted by molar-refractivity contribution is 5.93. The van der Waals surface area contributed by atoms with Crippen LogP contribution in [-0.2, 0) is 44.6 Å². The third-order valence-electron chi connectivity index (χ3n) is 15.8. The molecule has 0 unspecified atom stereocenters. The first kappa shape index (κ1) is 74.2. The van der Waals surface area contributed by atoms with Gasteiger partial charge in [-0.15, -0.1) is 0 Å². The van der Waals surface area contributed by atoms with E-state index < -0.39 is 199 Å². The first-order valence-corrected chi connectivity index (χ1v) is 29.7. The minimum Gasteiger partial charge on any atom is -0.504 e. The lowest BCUT2D eigenvalue weighted by Crippen LogP contribution is -2.26. The molecule has 0 saturated carbocycles. The van der Waals surface area contributed by atoms with Crippen molar-refractivity contribution in [3.63, 3.8) is 0 Å². The third kappa shape index (κ3) is 18.6. The molecule has 32 heteroatoms. The molecular weight excluding hydrogens is 1330 g/mol. The van der Waals surface area contributed by atoms with Crippen LogP contribution in [-0.4, -0.2) is 173 Å². The number of carbonyl (C=O) groups is 4. The van der Waals surface area contributed by atoms with Crippen LogP contribution < -0.4 is 0 Å². The first-order valence-electron chi connectivity index (χ1n) is 29.7. The molecule has 0 heterocycles. The molecule has 532 valence electrons. The minimum atomic E-state index is -1.02. The smallest absolute Gasteiger partial charge is 0.338 e. The average Bonchev–Trinajstić information content (AvgIpc) is 0.834. The average molecular weight is 1400 g/mol. The fraction of sp³-hybridized carbons (Fsp3) is 0.235. The minimum absolute atomic E-state index is 0.0344. The lowest BCUT2D eigenvalue weighted by atomic mass is 9.80. The van der Waals surface area contributed by atoms with Gasteiger partial charge in [0.2, 0.25) is 0 Å². The highest BCUT2D eigenvalue weighted by atomic mass is 16.5. The molecule has 0 spiro atoms. The van der Waals surface area contributed by atoms with Crippen LogP contribution in [0.5, 0.6) is 138 Å². The first-order chi connectivity index (χ1) is 47.1. The number of aromatic hydroxyl groups is 24. The van der Waals surface area contributed by atoms with Crippen LogP contribution in [0, 0.1) is 23.7 Å². The van der Waals surface area contributed by atoms with Gasteiger partial charge in [-0.25, -0.2) is 19.2 Å². The molecule has 4 atom stereocenters. The Morgan fingerprint density at radius 3 is 0.580 bits per heavy atom. The Hall–Kier alpha value is -13.2. The Bertz CT molecular complexity index is 3900. The van der Waals surface area contributed by atoms with Gasteiger partial charge in [0.15, 0.2) is 138 Å². The summed E-state index contributed by atoms with van der Waals surface area (Å²) in [5, 5.41) is 237. The molecule has 8 aromatic rings. The van der Waals surface area contributed by atoms with Crippen molar-refractivity contribution in [3.05, 3.63) is 142 Å². The largest absolute Gasteiger partial charge is 0.504 e. The number of hydrogen-bond donors (Lipinski definition) is 24. The van der Waals surface area contributed by atoms with Crippen molar-refractivity contribution in [2.45, 2.75) is 51.4 Å². The summed E-state index contributed by atoms with van der Waals surface area (Å²) in [6.45, 7) is -1.22. The zero-order valence-electron chi connectivity index (χ0n) is 52.0. The van der Waals surface area contributed by atoms with Gasteiger partial charge in [-0.1, -0.05) is 0 Å². The summed E-state index contributed by atoms with van der Waals surface area (Å²) >= 11 is 0. The molecule has 0 radical (unpaired) electrons. The van der Waals surface area contributed by atoms with Crippen LogP contribution in [0.1, 0.15) is 89.4 Å². The van der Waals surface area contributed by atoms with E-state index in [0.717, 1.165) is 48.5 Å². The van der Waals surface area contributed by atoms with E-state index in [4.69, 9.17) is 18.9 Å². The molecule has 32 nitrogen and oxygen atoms in total. The monoisotopic (exact) mass is 1400 g/mol. The standard InChI is InChI=1S/2C34H34O16/c2*35-21-6-15(7-22(36)29(21)43)4-17(2-1-3-49-33(47)18-10-25(39)31(45)26(40)11-18)20(5-16-8-23(37)30(44)24(38)9-16)14-50-34(48)19-12-27(41)32(46)28(42)13-19/h2*6-13,17,20,35-46H,1-5,14H2/t2*17-,20+/m10/s1. The molecule has 0 aromatic heterocycles. The molecule has 0 amide bonds. The molecule has 0 aliphatic rings. The lowest BCUT2D eigenvalue weighted by Gasteiger charge is -2.28. The van der Waals surface area contributed by atoms with Crippen molar-refractivity contribution >= 4 is 23.9 Å². The molecule has 24 N–H and O–H groups in total. The van der Waals surface area contributed by atoms with Crippen LogP contribution in [0.4, 0.5) is 0 Å². The number of rotatable bonds is 26. The summed E-state index contributed by atoms with van der Waals surface area (Å²) in [5.74, 6) is -24.3. The Labute approximate surface area is 563 Å². The van der Waals surface area contributed by atoms with Gasteiger partial charge >= 0.3 is 23.9 Å². The van der Waals surface area contributed by atoms with Crippen LogP contribution in [0.2, 0.25) is 0 Å². The van der Waals surface area contributed by atoms with E-state index in [-0.39, 0.29) is 98.0 Å². The van der Waals surface area contributed by atoms with Crippen LogP contribution in [0.25, 0.3) is 0 Å². The van der Waals surface area contributed by atoms with Crippen molar-refractivity contribution in [2.75, 3.05) is 26.4 Å². The number of hydrogen-bond acceptors (Lipinski definition) is 32. The van der Waals surface area contributed by atoms with E-state index in [0.29, 0.717) is 11.1 Å². The zero-order chi connectivity index (χ0) is 73.7. The van der Waals surface area contributed by atoms with Crippen molar-refractivity contribution < 1.29 is 161 Å². The Morgan fingerprint density at radius 2 is 0.390 bits per heavy atom. The fourth-order valence-corrected chi connectivity index (χ4v) is 10.7. The molecule has 0 bridgehead atoms. The fourth-order valence-electron chi connectivity index (χ4n) is 10.7. The predicted molar refractivity (Wildman–Crippen MR) is 340 cm³/mol. The third-order valence-corrected chi connectivity index (χ3v) is 15.8. The van der Waals surface area contributed by atoms with E-state index in [1.54, 1.807) is 0 Å². The highest BCUT2D eigenvalue weighted by Gasteiger charge is 2.30. The van der Waals surface area contributed by atoms with E-state index >= 15 is 0 Å². The van der Waals surface area contributed by atoms with Crippen LogP contribution in [0.15, 0.2) is 97.1 Å². The van der Waals surface area contributed by atoms with Gasteiger partial charge in [0.1, 0.15) is 0 Å². The van der Waals surface area contributed by atoms with Crippen LogP contribution in [0.3, 0.4) is 0 Å². The maximum absolute atomic E-state index is 13.0. The van der Waals surface area contributed by atoms with Crippen LogP contribution >= 0.6 is 0 Å². The molecular formula is C68H68O32. The van der Waals surface area contributed by atoms with Crippen molar-refractivity contribution in [2.24, 2.45) is 23.7 Å². The molecule has 8 aromatic carbocycles. The second kappa shape index (κ2) is 32.1. The summed E-state index contributed by atoms with van der Waals surface area (Å²) in [7, 11) is 0. The molecule has 0 saturated heterocycles. The SMILES string of the molecule is O=C(OCCC[C@@H](Cc1cc(O)c(O)c(O)c1)[C@@H](COC(=O)c1cc(O)c(O)c(O)c1)Cc1cc(O)c(O)c(O)c1)c1cc(O)c(O)c(O)c1.O=C(OCCC[C@H](Cc1cc(O)c(O)c(O)c1)[C@H](COC(=O)c1cc(O)c(O)c(O)c1)Cc1cc(O)c(O)c(O)c1)c1cc(O)c(O)c(O)c1. The topological polar surface area (TPSA) is 591 Å². The summed E-state index contributed by atoms with van der Waals surface area (Å²) in [4.78, 5) is 51.1. The van der Waals surface area contributed by atoms with Gasteiger partial charge in [0, 0.05) is 11.8 Å². The Balaban J connectivity index is 0.000000281. The van der Waals surface area contributed by atoms with E-state index in [2.05, 4.69) is 0 Å². The maximum atomic E-state index is 13.0. The van der Waals surface area contributed by atoms with E-state index in [1.165, 1.54) is 48.5 Å². The van der Waals surface area contributed by atoms with Crippen molar-refractivity contribution in [1.82, 2.24) is 0 Å². The van der Waals surface area contributed by atoms with Gasteiger partial charge in [-0.05, 0) is 183 Å². The maximum Gasteiger partial charge on any atom is 0.338 e. The zero-order valence-corrected chi connectivity index (χ0v) is 52.0. The van der Waals surface area contributed by atoms with Gasteiger partial charge in [-0.3, -0.25) is 0 Å². The normalized spacial score (nSPS) is 12.2. The highest BCUT2D eigenvalue weighted by Crippen LogP contribution is 2.45. The van der Waals surface area contributed by atoms with E-state index in [1.807, 2.05) is 0 Å². The van der Waals surface area contributed by atoms with Crippen molar-refractivity contribution in [1.29, 1.82) is 0 Å². The Kier molecular flexibility index (Phi) is 23.8. The Morgan fingerprint density at radius 1 is 0.230 bits per heavy atom. The molecule has 0 aliphatic heterocycles. The number of benzene rings is 8. The number of esters is 4. The second-order valence-electron chi connectivity index (χ2n) is 23.0. The lowest BCUT2D eigenvalue weighted by molar-refractivity contribution is 0.0358. The molecule has 8 rings (SSSR count). The molecule has 100 heavy (non-hydrogen) atoms. The predicted octanol–water partition coefficient (Wildman–Crippen LogP) is 7.33. The summed E-state index contributed by atoms with van der Waals surface area (Å²) < 4.78 is 21.5. The van der Waals surface area contributed by atoms with E-state index in [9.17, 15) is 142 Å². The van der Waals surface area contributed by atoms with Gasteiger partial charge in [0.05, 0.1) is 48.7 Å². The quantitative estimate of drug-likeness (QED) is 0.0109. The van der Waals surface area contributed by atoms with Gasteiger partial charge < -0.3 is 142 Å². The number of phenols is 24. The number of ether oxygens (including phenoxy) is 4. The van der Waals surface area contributed by atoms with Gasteiger partial charge in [-0.2, -0.15) is 0 Å². The summed E-state index contributed by atoms with van der Waals surface area (Å²) in [5.41, 5.74) is 0.0306. The summed E-state index contributed by atoms with van der Waals surface area (Å²) in [6, 6.07) is 16.5. The van der Waals surface area contributed by atoms with Gasteiger partial charge in [0.25, 0.3) is 0 Å². The number of carbonyl (C=O) groups excluding carboxylic acids is 4. The molecule has 0 fully saturated rings. The summed E-state index contributed by atoms with van der Waals surface area (Å²) in [6.07, 6.45) is 0.641. The second-order valence-corrected chi connectivity index (χ2v) is 23.0. The number of phenolic OH excluding ortho intramolecular Hbond substituents is 24.